The summed E-state index contributed by atoms with van der Waals surface area (Å²) < 4.78 is 7.66. The standard InChI is InChI=1S/C16H21N5O2/c1-10-13(8-17-11(2)19-10)16(22)20-14-5-4-6-15(14)23-12-7-18-21(3)9-12/h7-9,14-15H,4-6H2,1-3H3,(H,20,22)/t14-,15+/m0/s1. The van der Waals surface area contributed by atoms with Crippen LogP contribution in [0.25, 0.3) is 0 Å². The molecule has 3 rings (SSSR count). The van der Waals surface area contributed by atoms with E-state index in [4.69, 9.17) is 4.74 Å². The van der Waals surface area contributed by atoms with Gasteiger partial charge in [-0.3, -0.25) is 9.48 Å². The average Bonchev–Trinajstić information content (AvgIpc) is 3.09. The summed E-state index contributed by atoms with van der Waals surface area (Å²) in [5.41, 5.74) is 1.21. The van der Waals surface area contributed by atoms with Gasteiger partial charge in [0, 0.05) is 13.2 Å². The number of hydrogen-bond acceptors (Lipinski definition) is 5. The monoisotopic (exact) mass is 315 g/mol. The molecular weight excluding hydrogens is 294 g/mol. The van der Waals surface area contributed by atoms with Crippen LogP contribution in [0.2, 0.25) is 0 Å². The number of aromatic nitrogens is 4. The molecular formula is C16H21N5O2. The highest BCUT2D eigenvalue weighted by atomic mass is 16.5. The van der Waals surface area contributed by atoms with Gasteiger partial charge in [0.25, 0.3) is 5.91 Å². The molecule has 0 saturated heterocycles. The van der Waals surface area contributed by atoms with E-state index in [2.05, 4.69) is 20.4 Å². The smallest absolute Gasteiger partial charge is 0.255 e. The summed E-state index contributed by atoms with van der Waals surface area (Å²) in [6.45, 7) is 3.63. The second-order valence-electron chi connectivity index (χ2n) is 5.93. The number of aryl methyl sites for hydroxylation is 3. The van der Waals surface area contributed by atoms with Gasteiger partial charge in [0.2, 0.25) is 0 Å². The van der Waals surface area contributed by atoms with Crippen LogP contribution < -0.4 is 10.1 Å². The van der Waals surface area contributed by atoms with Crippen LogP contribution in [0.15, 0.2) is 18.6 Å². The van der Waals surface area contributed by atoms with E-state index in [0.29, 0.717) is 17.1 Å². The Labute approximate surface area is 135 Å². The maximum Gasteiger partial charge on any atom is 0.255 e. The van der Waals surface area contributed by atoms with Crippen LogP contribution in [0.1, 0.15) is 41.1 Å². The predicted octanol–water partition coefficient (Wildman–Crippen LogP) is 1.56. The Morgan fingerprint density at radius 2 is 2.17 bits per heavy atom. The summed E-state index contributed by atoms with van der Waals surface area (Å²) in [5, 5.41) is 7.16. The first-order chi connectivity index (χ1) is 11.0. The zero-order valence-corrected chi connectivity index (χ0v) is 13.6. The van der Waals surface area contributed by atoms with E-state index < -0.39 is 0 Å². The molecule has 0 spiro atoms. The Balaban J connectivity index is 1.67. The van der Waals surface area contributed by atoms with Crippen LogP contribution in [-0.4, -0.2) is 37.8 Å². The second-order valence-corrected chi connectivity index (χ2v) is 5.93. The van der Waals surface area contributed by atoms with E-state index in [1.165, 1.54) is 0 Å². The Morgan fingerprint density at radius 3 is 2.87 bits per heavy atom. The van der Waals surface area contributed by atoms with E-state index in [1.54, 1.807) is 17.1 Å². The van der Waals surface area contributed by atoms with Crippen LogP contribution in [0.3, 0.4) is 0 Å². The zero-order valence-electron chi connectivity index (χ0n) is 13.6. The lowest BCUT2D eigenvalue weighted by Crippen LogP contribution is -2.42. The van der Waals surface area contributed by atoms with Crippen LogP contribution >= 0.6 is 0 Å². The molecule has 2 atom stereocenters. The fraction of sp³-hybridized carbons (Fsp3) is 0.500. The molecule has 2 aromatic heterocycles. The number of carbonyl (C=O) groups excluding carboxylic acids is 1. The Hall–Kier alpha value is -2.44. The first-order valence-electron chi connectivity index (χ1n) is 7.79. The van der Waals surface area contributed by atoms with Crippen molar-refractivity contribution in [2.24, 2.45) is 7.05 Å². The van der Waals surface area contributed by atoms with Gasteiger partial charge in [0.1, 0.15) is 11.9 Å². The quantitative estimate of drug-likeness (QED) is 0.926. The molecule has 23 heavy (non-hydrogen) atoms. The summed E-state index contributed by atoms with van der Waals surface area (Å²) >= 11 is 0. The van der Waals surface area contributed by atoms with E-state index in [1.807, 2.05) is 27.1 Å². The Morgan fingerprint density at radius 1 is 1.35 bits per heavy atom. The van der Waals surface area contributed by atoms with Crippen LogP contribution in [0.4, 0.5) is 0 Å². The van der Waals surface area contributed by atoms with E-state index in [9.17, 15) is 4.79 Å². The highest BCUT2D eigenvalue weighted by molar-refractivity contribution is 5.95. The summed E-state index contributed by atoms with van der Waals surface area (Å²) in [4.78, 5) is 20.8. The van der Waals surface area contributed by atoms with Crippen molar-refractivity contribution in [1.29, 1.82) is 0 Å². The lowest BCUT2D eigenvalue weighted by Gasteiger charge is -2.21. The van der Waals surface area contributed by atoms with Gasteiger partial charge in [-0.2, -0.15) is 5.10 Å². The van der Waals surface area contributed by atoms with Gasteiger partial charge in [-0.15, -0.1) is 0 Å². The molecule has 1 amide bonds. The Kier molecular flexibility index (Phi) is 4.27. The average molecular weight is 315 g/mol. The normalized spacial score (nSPS) is 20.5. The van der Waals surface area contributed by atoms with Crippen molar-refractivity contribution < 1.29 is 9.53 Å². The largest absolute Gasteiger partial charge is 0.485 e. The molecule has 2 heterocycles. The van der Waals surface area contributed by atoms with Crippen molar-refractivity contribution in [2.75, 3.05) is 0 Å². The number of amides is 1. The van der Waals surface area contributed by atoms with Gasteiger partial charge in [-0.1, -0.05) is 0 Å². The summed E-state index contributed by atoms with van der Waals surface area (Å²) in [5.74, 6) is 1.25. The third kappa shape index (κ3) is 3.49. The second kappa shape index (κ2) is 6.36. The minimum atomic E-state index is -0.144. The van der Waals surface area contributed by atoms with Crippen LogP contribution in [0.5, 0.6) is 5.75 Å². The van der Waals surface area contributed by atoms with Crippen molar-refractivity contribution in [3.63, 3.8) is 0 Å². The van der Waals surface area contributed by atoms with Gasteiger partial charge in [0.05, 0.1) is 29.7 Å². The molecule has 1 N–H and O–H groups in total. The molecule has 7 heteroatoms. The summed E-state index contributed by atoms with van der Waals surface area (Å²) in [7, 11) is 1.85. The molecule has 2 aromatic rings. The number of carbonyl (C=O) groups is 1. The number of rotatable bonds is 4. The highest BCUT2D eigenvalue weighted by Gasteiger charge is 2.31. The van der Waals surface area contributed by atoms with Crippen molar-refractivity contribution in [2.45, 2.75) is 45.3 Å². The van der Waals surface area contributed by atoms with Crippen LogP contribution in [-0.2, 0) is 7.05 Å². The molecule has 122 valence electrons. The van der Waals surface area contributed by atoms with Gasteiger partial charge in [0.15, 0.2) is 5.75 Å². The van der Waals surface area contributed by atoms with E-state index in [-0.39, 0.29) is 18.1 Å². The SMILES string of the molecule is Cc1ncc(C(=O)N[C@H]2CCC[C@H]2Oc2cnn(C)c2)c(C)n1. The molecule has 1 saturated carbocycles. The molecule has 0 bridgehead atoms. The molecule has 1 aliphatic carbocycles. The molecule has 1 aliphatic rings. The molecule has 0 unspecified atom stereocenters. The Bertz CT molecular complexity index is 712. The zero-order chi connectivity index (χ0) is 16.4. The predicted molar refractivity (Wildman–Crippen MR) is 84.2 cm³/mol. The summed E-state index contributed by atoms with van der Waals surface area (Å²) in [6, 6.07) is -0.0107. The molecule has 0 radical (unpaired) electrons. The minimum absolute atomic E-state index is 0.0107. The minimum Gasteiger partial charge on any atom is -0.485 e. The van der Waals surface area contributed by atoms with Crippen molar-refractivity contribution in [1.82, 2.24) is 25.1 Å². The first-order valence-corrected chi connectivity index (χ1v) is 7.79. The lowest BCUT2D eigenvalue weighted by atomic mass is 10.1. The van der Waals surface area contributed by atoms with Gasteiger partial charge >= 0.3 is 0 Å². The third-order valence-electron chi connectivity index (χ3n) is 4.08. The number of ether oxygens (including phenoxy) is 1. The third-order valence-corrected chi connectivity index (χ3v) is 4.08. The number of hydrogen-bond donors (Lipinski definition) is 1. The van der Waals surface area contributed by atoms with Gasteiger partial charge in [-0.25, -0.2) is 9.97 Å². The van der Waals surface area contributed by atoms with Crippen LogP contribution in [0, 0.1) is 13.8 Å². The number of nitrogens with zero attached hydrogens (tertiary/aromatic N) is 4. The van der Waals surface area contributed by atoms with Gasteiger partial charge in [-0.05, 0) is 33.1 Å². The number of nitrogens with one attached hydrogen (secondary N) is 1. The lowest BCUT2D eigenvalue weighted by molar-refractivity contribution is 0.0892. The van der Waals surface area contributed by atoms with Crippen molar-refractivity contribution >= 4 is 5.91 Å². The molecule has 0 aromatic carbocycles. The molecule has 7 nitrogen and oxygen atoms in total. The van der Waals surface area contributed by atoms with Crippen molar-refractivity contribution in [3.8, 4) is 5.75 Å². The van der Waals surface area contributed by atoms with Crippen molar-refractivity contribution in [3.05, 3.63) is 35.7 Å². The molecule has 1 fully saturated rings. The summed E-state index contributed by atoms with van der Waals surface area (Å²) in [6.07, 6.45) is 7.92. The highest BCUT2D eigenvalue weighted by Crippen LogP contribution is 2.25. The maximum absolute atomic E-state index is 12.5. The molecule has 0 aliphatic heterocycles. The first kappa shape index (κ1) is 15.5. The van der Waals surface area contributed by atoms with Gasteiger partial charge < -0.3 is 10.1 Å². The van der Waals surface area contributed by atoms with E-state index in [0.717, 1.165) is 25.0 Å². The fourth-order valence-electron chi connectivity index (χ4n) is 2.92. The van der Waals surface area contributed by atoms with E-state index >= 15 is 0 Å². The topological polar surface area (TPSA) is 81.9 Å². The fourth-order valence-corrected chi connectivity index (χ4v) is 2.92. The maximum atomic E-state index is 12.5.